The zero-order chi connectivity index (χ0) is 21.6. The summed E-state index contributed by atoms with van der Waals surface area (Å²) in [5.74, 6) is 0.882. The number of hydrogen-bond acceptors (Lipinski definition) is 7. The summed E-state index contributed by atoms with van der Waals surface area (Å²) in [5, 5.41) is 6.76. The molecule has 0 unspecified atom stereocenters. The predicted octanol–water partition coefficient (Wildman–Crippen LogP) is 3.09. The summed E-state index contributed by atoms with van der Waals surface area (Å²) < 4.78 is 19.0. The van der Waals surface area contributed by atoms with E-state index in [2.05, 4.69) is 25.6 Å². The Morgan fingerprint density at radius 3 is 2.90 bits per heavy atom. The highest BCUT2D eigenvalue weighted by atomic mass is 35.5. The van der Waals surface area contributed by atoms with Gasteiger partial charge in [-0.05, 0) is 31.2 Å². The third-order valence-corrected chi connectivity index (χ3v) is 6.14. The van der Waals surface area contributed by atoms with Gasteiger partial charge in [0.1, 0.15) is 17.8 Å². The number of aromatic nitrogens is 3. The highest BCUT2D eigenvalue weighted by molar-refractivity contribution is 6.33. The summed E-state index contributed by atoms with van der Waals surface area (Å²) in [6, 6.07) is 1.77. The lowest BCUT2D eigenvalue weighted by Crippen LogP contribution is -2.41. The topological polar surface area (TPSA) is 89.0 Å². The number of Topliss-reactive ketones (excluding diaryl/α,β-unsaturated/α-hetero) is 1. The van der Waals surface area contributed by atoms with Crippen LogP contribution in [0.1, 0.15) is 25.0 Å². The van der Waals surface area contributed by atoms with E-state index in [1.165, 1.54) is 6.20 Å². The van der Waals surface area contributed by atoms with Gasteiger partial charge in [0.15, 0.2) is 0 Å². The maximum absolute atomic E-state index is 13.6. The largest absolute Gasteiger partial charge is 0.381 e. The van der Waals surface area contributed by atoms with Gasteiger partial charge in [0.2, 0.25) is 0 Å². The van der Waals surface area contributed by atoms with Gasteiger partial charge >= 0.3 is 0 Å². The Hall–Kier alpha value is -2.16. The van der Waals surface area contributed by atoms with Crippen LogP contribution in [-0.2, 0) is 16.0 Å². The second-order valence-electron chi connectivity index (χ2n) is 8.21. The number of carbonyl (C=O) groups excluding carboxylic acids is 1. The number of nitrogens with zero attached hydrogens (tertiary/aromatic N) is 3. The normalized spacial score (nSPS) is 22.3. The average Bonchev–Trinajstić information content (AvgIpc) is 2.80. The van der Waals surface area contributed by atoms with E-state index in [4.69, 9.17) is 16.3 Å². The zero-order valence-corrected chi connectivity index (χ0v) is 18.1. The first kappa shape index (κ1) is 22.0. The van der Waals surface area contributed by atoms with Crippen LogP contribution in [0, 0.1) is 11.8 Å². The summed E-state index contributed by atoms with van der Waals surface area (Å²) in [4.78, 5) is 25.8. The van der Waals surface area contributed by atoms with E-state index in [-0.39, 0.29) is 24.5 Å². The number of ketones is 1. The van der Waals surface area contributed by atoms with Crippen LogP contribution in [-0.4, -0.2) is 59.8 Å². The number of ether oxygens (including phenoxy) is 1. The van der Waals surface area contributed by atoms with E-state index in [9.17, 15) is 9.18 Å². The molecule has 4 heterocycles. The lowest BCUT2D eigenvalue weighted by molar-refractivity contribution is -0.123. The van der Waals surface area contributed by atoms with Gasteiger partial charge in [-0.2, -0.15) is 0 Å². The Balaban J connectivity index is 1.44. The maximum atomic E-state index is 13.6. The second-order valence-corrected chi connectivity index (χ2v) is 8.62. The molecule has 0 radical (unpaired) electrons. The molecule has 4 rings (SSSR count). The number of nitrogens with one attached hydrogen (secondary N) is 2. The van der Waals surface area contributed by atoms with Gasteiger partial charge in [-0.25, -0.2) is 9.37 Å². The number of carbonyl (C=O) groups is 1. The van der Waals surface area contributed by atoms with Crippen molar-refractivity contribution in [3.63, 3.8) is 0 Å². The van der Waals surface area contributed by atoms with Crippen LogP contribution in [0.25, 0.3) is 11.3 Å². The Bertz CT molecular complexity index is 909. The minimum absolute atomic E-state index is 0.0198. The molecule has 2 aromatic rings. The van der Waals surface area contributed by atoms with Crippen molar-refractivity contribution in [3.05, 3.63) is 35.4 Å². The number of anilines is 1. The van der Waals surface area contributed by atoms with Crippen LogP contribution < -0.4 is 10.6 Å². The third-order valence-electron chi connectivity index (χ3n) is 5.84. The minimum Gasteiger partial charge on any atom is -0.381 e. The Morgan fingerprint density at radius 1 is 1.26 bits per heavy atom. The van der Waals surface area contributed by atoms with Crippen molar-refractivity contribution in [1.29, 1.82) is 0 Å². The number of hydrogen-bond donors (Lipinski definition) is 2. The zero-order valence-electron chi connectivity index (χ0n) is 17.3. The molecule has 2 aliphatic heterocycles. The molecule has 166 valence electrons. The number of pyridine rings is 1. The van der Waals surface area contributed by atoms with E-state index >= 15 is 0 Å². The number of halogens is 2. The molecule has 2 N–H and O–H groups in total. The summed E-state index contributed by atoms with van der Waals surface area (Å²) in [6.07, 6.45) is 6.35. The smallest absolute Gasteiger partial charge is 0.145 e. The molecule has 2 fully saturated rings. The number of piperidine rings is 1. The Labute approximate surface area is 186 Å². The van der Waals surface area contributed by atoms with Crippen LogP contribution in [0.4, 0.5) is 10.2 Å². The molecule has 0 amide bonds. The quantitative estimate of drug-likeness (QED) is 0.674. The van der Waals surface area contributed by atoms with Gasteiger partial charge in [-0.1, -0.05) is 11.6 Å². The van der Waals surface area contributed by atoms with Gasteiger partial charge in [0.25, 0.3) is 0 Å². The highest BCUT2D eigenvalue weighted by Gasteiger charge is 2.27. The van der Waals surface area contributed by atoms with Crippen molar-refractivity contribution < 1.29 is 13.9 Å². The molecule has 31 heavy (non-hydrogen) atoms. The first-order valence-corrected chi connectivity index (χ1v) is 11.1. The van der Waals surface area contributed by atoms with Crippen molar-refractivity contribution in [3.8, 4) is 11.3 Å². The van der Waals surface area contributed by atoms with E-state index in [0.717, 1.165) is 32.6 Å². The molecule has 0 aromatic carbocycles. The van der Waals surface area contributed by atoms with Crippen LogP contribution in [0.15, 0.2) is 24.7 Å². The van der Waals surface area contributed by atoms with Crippen LogP contribution in [0.2, 0.25) is 5.02 Å². The fraction of sp³-hybridized carbons (Fsp3) is 0.545. The third kappa shape index (κ3) is 5.96. The maximum Gasteiger partial charge on any atom is 0.145 e. The molecule has 0 saturated carbocycles. The van der Waals surface area contributed by atoms with Crippen LogP contribution in [0.5, 0.6) is 0 Å². The van der Waals surface area contributed by atoms with E-state index in [1.54, 1.807) is 18.5 Å². The molecule has 9 heteroatoms. The summed E-state index contributed by atoms with van der Waals surface area (Å²) in [6.45, 7) is 3.23. The predicted molar refractivity (Wildman–Crippen MR) is 117 cm³/mol. The molecule has 2 aliphatic rings. The molecular formula is C22H27ClFN5O2. The summed E-state index contributed by atoms with van der Waals surface area (Å²) in [7, 11) is 0. The van der Waals surface area contributed by atoms with E-state index in [1.807, 2.05) is 0 Å². The van der Waals surface area contributed by atoms with Crippen LogP contribution in [0.3, 0.4) is 0 Å². The van der Waals surface area contributed by atoms with Crippen molar-refractivity contribution in [2.75, 3.05) is 38.2 Å². The fourth-order valence-corrected chi connectivity index (χ4v) is 4.21. The fourth-order valence-electron chi connectivity index (χ4n) is 4.01. The Morgan fingerprint density at radius 2 is 2.10 bits per heavy atom. The molecule has 0 bridgehead atoms. The van der Waals surface area contributed by atoms with Gasteiger partial charge in [-0.3, -0.25) is 14.8 Å². The van der Waals surface area contributed by atoms with Crippen molar-refractivity contribution in [2.45, 2.75) is 31.9 Å². The minimum atomic E-state index is -0.983. The molecular weight excluding hydrogens is 421 g/mol. The van der Waals surface area contributed by atoms with Crippen molar-refractivity contribution in [1.82, 2.24) is 20.3 Å². The number of rotatable bonds is 7. The highest BCUT2D eigenvalue weighted by Crippen LogP contribution is 2.28. The Kier molecular flexibility index (Phi) is 7.42. The van der Waals surface area contributed by atoms with E-state index < -0.39 is 6.17 Å². The average molecular weight is 448 g/mol. The summed E-state index contributed by atoms with van der Waals surface area (Å²) in [5.41, 5.74) is 1.88. The van der Waals surface area contributed by atoms with Gasteiger partial charge in [0, 0.05) is 62.6 Å². The van der Waals surface area contributed by atoms with Crippen molar-refractivity contribution in [2.24, 2.45) is 11.8 Å². The standard InChI is InChI=1S/C22H27ClFN5O2/c23-19-11-27-17(7-21(30)15-5-16(24)10-25-9-15)6-18(19)20-12-26-13-22(29-20)28-8-14-1-3-31-4-2-14/h6,11-16,25H,1-5,7-10H2,(H,28,29)/t15-,16+/m0/s1. The van der Waals surface area contributed by atoms with Gasteiger partial charge in [-0.15, -0.1) is 0 Å². The molecule has 0 aliphatic carbocycles. The first-order chi connectivity index (χ1) is 15.1. The van der Waals surface area contributed by atoms with E-state index in [0.29, 0.717) is 46.8 Å². The molecule has 2 saturated heterocycles. The monoisotopic (exact) mass is 447 g/mol. The first-order valence-electron chi connectivity index (χ1n) is 10.7. The van der Waals surface area contributed by atoms with Crippen molar-refractivity contribution >= 4 is 23.2 Å². The molecule has 2 atom stereocenters. The number of alkyl halides is 1. The lowest BCUT2D eigenvalue weighted by Gasteiger charge is -2.24. The van der Waals surface area contributed by atoms with Gasteiger partial charge in [0.05, 0.1) is 23.1 Å². The molecule has 0 spiro atoms. The second kappa shape index (κ2) is 10.4. The lowest BCUT2D eigenvalue weighted by atomic mass is 9.91. The summed E-state index contributed by atoms with van der Waals surface area (Å²) >= 11 is 6.38. The molecule has 2 aromatic heterocycles. The SMILES string of the molecule is O=C(Cc1cc(-c2cncc(NCC3CCOCC3)n2)c(Cl)cn1)[C@@H]1CNC[C@H](F)C1. The molecule has 7 nitrogen and oxygen atoms in total. The van der Waals surface area contributed by atoms with Crippen LogP contribution >= 0.6 is 11.6 Å². The van der Waals surface area contributed by atoms with Gasteiger partial charge < -0.3 is 15.4 Å².